The van der Waals surface area contributed by atoms with Crippen LogP contribution in [-0.2, 0) is 4.74 Å². The fourth-order valence-corrected chi connectivity index (χ4v) is 1.48. The lowest BCUT2D eigenvalue weighted by Crippen LogP contribution is -2.03. The molecule has 0 aliphatic heterocycles. The molecule has 0 aliphatic carbocycles. The van der Waals surface area contributed by atoms with Gasteiger partial charge in [0.2, 0.25) is 0 Å². The highest BCUT2D eigenvalue weighted by Gasteiger charge is 1.89. The molecular formula is C14H32O4. The van der Waals surface area contributed by atoms with Crippen LogP contribution in [-0.4, -0.2) is 48.4 Å². The zero-order chi connectivity index (χ0) is 13.9. The van der Waals surface area contributed by atoms with Gasteiger partial charge in [0.1, 0.15) is 0 Å². The van der Waals surface area contributed by atoms with Gasteiger partial charge in [-0.15, -0.1) is 0 Å². The van der Waals surface area contributed by atoms with E-state index in [1.807, 2.05) is 0 Å². The highest BCUT2D eigenvalue weighted by atomic mass is 16.5. The van der Waals surface area contributed by atoms with Crippen LogP contribution in [0.3, 0.4) is 0 Å². The summed E-state index contributed by atoms with van der Waals surface area (Å²) >= 11 is 0. The maximum Gasteiger partial charge on any atom is 0.0698 e. The molecule has 0 aromatic heterocycles. The van der Waals surface area contributed by atoms with Crippen molar-refractivity contribution in [3.63, 3.8) is 0 Å². The Morgan fingerprint density at radius 2 is 1.06 bits per heavy atom. The summed E-state index contributed by atoms with van der Waals surface area (Å²) in [4.78, 5) is 0. The molecule has 0 aromatic rings. The summed E-state index contributed by atoms with van der Waals surface area (Å²) in [6.45, 7) is 3.31. The summed E-state index contributed by atoms with van der Waals surface area (Å²) in [6.07, 6.45) is 10.4. The van der Waals surface area contributed by atoms with E-state index in [0.717, 1.165) is 6.42 Å². The lowest BCUT2D eigenvalue weighted by atomic mass is 10.1. The number of hydrogen-bond donors (Lipinski definition) is 3. The van der Waals surface area contributed by atoms with E-state index in [1.54, 1.807) is 0 Å². The molecule has 18 heavy (non-hydrogen) atoms. The molecule has 0 spiro atoms. The summed E-state index contributed by atoms with van der Waals surface area (Å²) in [5.41, 5.74) is 0. The molecule has 0 atom stereocenters. The molecule has 3 N–H and O–H groups in total. The van der Waals surface area contributed by atoms with E-state index < -0.39 is 0 Å². The van der Waals surface area contributed by atoms with Crippen molar-refractivity contribution in [2.45, 2.75) is 58.3 Å². The molecule has 0 amide bonds. The minimum absolute atomic E-state index is 0.0278. The minimum atomic E-state index is 0.0278. The molecule has 112 valence electrons. The Morgan fingerprint density at radius 3 is 1.44 bits per heavy atom. The molecule has 0 bridgehead atoms. The third-order valence-electron chi connectivity index (χ3n) is 2.48. The van der Waals surface area contributed by atoms with E-state index >= 15 is 0 Å². The second-order valence-electron chi connectivity index (χ2n) is 4.26. The van der Waals surface area contributed by atoms with E-state index in [-0.39, 0.29) is 13.2 Å². The van der Waals surface area contributed by atoms with Crippen molar-refractivity contribution in [3.8, 4) is 0 Å². The molecule has 0 aromatic carbocycles. The van der Waals surface area contributed by atoms with Crippen LogP contribution in [0.5, 0.6) is 0 Å². The number of rotatable bonds is 12. The molecule has 0 radical (unpaired) electrons. The van der Waals surface area contributed by atoms with Crippen molar-refractivity contribution in [2.24, 2.45) is 0 Å². The maximum absolute atomic E-state index is 8.51. The average molecular weight is 264 g/mol. The van der Waals surface area contributed by atoms with Gasteiger partial charge in [0, 0.05) is 6.61 Å². The van der Waals surface area contributed by atoms with Gasteiger partial charge in [0.05, 0.1) is 26.4 Å². The Kier molecular flexibility index (Phi) is 24.7. The Labute approximate surface area is 112 Å². The third kappa shape index (κ3) is 24.9. The summed E-state index contributed by atoms with van der Waals surface area (Å²) in [5, 5.41) is 24.7. The van der Waals surface area contributed by atoms with Gasteiger partial charge in [0.25, 0.3) is 0 Å². The normalized spacial score (nSPS) is 10.0. The zero-order valence-corrected chi connectivity index (χ0v) is 11.9. The van der Waals surface area contributed by atoms with Gasteiger partial charge in [0.15, 0.2) is 0 Å². The van der Waals surface area contributed by atoms with Gasteiger partial charge < -0.3 is 20.1 Å². The Balaban J connectivity index is 0. The van der Waals surface area contributed by atoms with E-state index in [4.69, 9.17) is 15.3 Å². The molecule has 0 heterocycles. The first kappa shape index (κ1) is 20.2. The molecule has 0 saturated carbocycles. The predicted octanol–water partition coefficient (Wildman–Crippen LogP) is 2.11. The van der Waals surface area contributed by atoms with Crippen molar-refractivity contribution < 1.29 is 20.1 Å². The topological polar surface area (TPSA) is 69.9 Å². The largest absolute Gasteiger partial charge is 0.396 e. The predicted molar refractivity (Wildman–Crippen MR) is 74.7 cm³/mol. The van der Waals surface area contributed by atoms with Crippen LogP contribution < -0.4 is 0 Å². The standard InChI is InChI=1S/C10H22O.C4H10O3/c1-2-3-4-5-6-7-8-9-10-11;5-1-3-7-4-2-6/h11H,2-10H2,1H3;5-6H,1-4H2. The van der Waals surface area contributed by atoms with Gasteiger partial charge in [-0.25, -0.2) is 0 Å². The molecule has 0 unspecified atom stereocenters. The van der Waals surface area contributed by atoms with E-state index in [9.17, 15) is 0 Å². The summed E-state index contributed by atoms with van der Waals surface area (Å²) in [7, 11) is 0. The van der Waals surface area contributed by atoms with Crippen LogP contribution in [0.4, 0.5) is 0 Å². The molecule has 4 heteroatoms. The number of aliphatic hydroxyl groups is 3. The summed E-state index contributed by atoms with van der Waals surface area (Å²) in [5.74, 6) is 0. The molecule has 0 aliphatic rings. The van der Waals surface area contributed by atoms with Crippen molar-refractivity contribution in [3.05, 3.63) is 0 Å². The minimum Gasteiger partial charge on any atom is -0.396 e. The van der Waals surface area contributed by atoms with E-state index in [0.29, 0.717) is 19.8 Å². The van der Waals surface area contributed by atoms with E-state index in [1.165, 1.54) is 44.9 Å². The quantitative estimate of drug-likeness (QED) is 0.472. The van der Waals surface area contributed by atoms with Crippen LogP contribution >= 0.6 is 0 Å². The number of hydrogen-bond acceptors (Lipinski definition) is 4. The first-order valence-corrected chi connectivity index (χ1v) is 7.23. The lowest BCUT2D eigenvalue weighted by Gasteiger charge is -1.98. The summed E-state index contributed by atoms with van der Waals surface area (Å²) in [6, 6.07) is 0. The van der Waals surface area contributed by atoms with Crippen LogP contribution in [0.1, 0.15) is 58.3 Å². The average Bonchev–Trinajstić information content (AvgIpc) is 2.39. The van der Waals surface area contributed by atoms with Crippen LogP contribution in [0, 0.1) is 0 Å². The first-order chi connectivity index (χ1) is 8.83. The SMILES string of the molecule is CCCCCCCCCCO.OCCOCCO. The number of aliphatic hydroxyl groups excluding tert-OH is 3. The van der Waals surface area contributed by atoms with E-state index in [2.05, 4.69) is 11.7 Å². The van der Waals surface area contributed by atoms with Gasteiger partial charge in [-0.05, 0) is 6.42 Å². The lowest BCUT2D eigenvalue weighted by molar-refractivity contribution is 0.0650. The highest BCUT2D eigenvalue weighted by molar-refractivity contribution is 4.44. The van der Waals surface area contributed by atoms with Crippen LogP contribution in [0.15, 0.2) is 0 Å². The Hall–Kier alpha value is -0.160. The molecule has 0 saturated heterocycles. The Morgan fingerprint density at radius 1 is 0.611 bits per heavy atom. The molecule has 4 nitrogen and oxygen atoms in total. The highest BCUT2D eigenvalue weighted by Crippen LogP contribution is 2.07. The second kappa shape index (κ2) is 22.1. The van der Waals surface area contributed by atoms with Crippen molar-refractivity contribution in [1.82, 2.24) is 0 Å². The molecular weight excluding hydrogens is 232 g/mol. The van der Waals surface area contributed by atoms with Crippen molar-refractivity contribution in [2.75, 3.05) is 33.0 Å². The second-order valence-corrected chi connectivity index (χ2v) is 4.26. The van der Waals surface area contributed by atoms with Crippen molar-refractivity contribution in [1.29, 1.82) is 0 Å². The monoisotopic (exact) mass is 264 g/mol. The molecule has 0 fully saturated rings. The third-order valence-corrected chi connectivity index (χ3v) is 2.48. The smallest absolute Gasteiger partial charge is 0.0698 e. The van der Waals surface area contributed by atoms with Gasteiger partial charge in [-0.1, -0.05) is 51.9 Å². The van der Waals surface area contributed by atoms with Crippen molar-refractivity contribution >= 4 is 0 Å². The maximum atomic E-state index is 8.51. The number of unbranched alkanes of at least 4 members (excludes halogenated alkanes) is 7. The number of ether oxygens (including phenoxy) is 1. The van der Waals surface area contributed by atoms with Gasteiger partial charge >= 0.3 is 0 Å². The molecule has 0 rings (SSSR count). The first-order valence-electron chi connectivity index (χ1n) is 7.23. The Bertz CT molecular complexity index is 108. The van der Waals surface area contributed by atoms with Crippen LogP contribution in [0.25, 0.3) is 0 Å². The fraction of sp³-hybridized carbons (Fsp3) is 1.00. The summed E-state index contributed by atoms with van der Waals surface area (Å²) < 4.78 is 4.63. The van der Waals surface area contributed by atoms with Gasteiger partial charge in [-0.2, -0.15) is 0 Å². The van der Waals surface area contributed by atoms with Crippen LogP contribution in [0.2, 0.25) is 0 Å². The fourth-order valence-electron chi connectivity index (χ4n) is 1.48. The zero-order valence-electron chi connectivity index (χ0n) is 11.9. The van der Waals surface area contributed by atoms with Gasteiger partial charge in [-0.3, -0.25) is 0 Å².